The molecule has 1 aliphatic carbocycles. The van der Waals surface area contributed by atoms with Crippen molar-refractivity contribution >= 4 is 23.5 Å². The highest BCUT2D eigenvalue weighted by Crippen LogP contribution is 2.41. The molecule has 5 atom stereocenters. The highest BCUT2D eigenvalue weighted by Gasteiger charge is 2.41. The van der Waals surface area contributed by atoms with E-state index >= 15 is 0 Å². The number of carbonyl (C=O) groups excluding carboxylic acids is 2. The third kappa shape index (κ3) is 7.26. The number of carbonyl (C=O) groups is 2. The highest BCUT2D eigenvalue weighted by molar-refractivity contribution is 8.00. The van der Waals surface area contributed by atoms with E-state index in [4.69, 9.17) is 18.9 Å². The summed E-state index contributed by atoms with van der Waals surface area (Å²) in [4.78, 5) is 24.9. The van der Waals surface area contributed by atoms with E-state index in [0.717, 1.165) is 24.8 Å². The lowest BCUT2D eigenvalue weighted by atomic mass is 9.91. The van der Waals surface area contributed by atoms with Crippen LogP contribution < -0.4 is 14.2 Å². The van der Waals surface area contributed by atoms with Gasteiger partial charge in [-0.15, -0.1) is 0 Å². The van der Waals surface area contributed by atoms with E-state index in [-0.39, 0.29) is 29.3 Å². The van der Waals surface area contributed by atoms with Gasteiger partial charge in [-0.05, 0) is 37.5 Å². The van der Waals surface area contributed by atoms with Crippen LogP contribution in [-0.2, 0) is 14.3 Å². The molecule has 34 heavy (non-hydrogen) atoms. The fraction of sp³-hybridized carbons (Fsp3) is 0.680. The summed E-state index contributed by atoms with van der Waals surface area (Å²) in [5.41, 5.74) is 0.727. The second-order valence-electron chi connectivity index (χ2n) is 8.66. The fourth-order valence-electron chi connectivity index (χ4n) is 4.48. The van der Waals surface area contributed by atoms with Crippen molar-refractivity contribution in [3.63, 3.8) is 0 Å². The Bertz CT molecular complexity index is 787. The zero-order valence-electron chi connectivity index (χ0n) is 20.7. The van der Waals surface area contributed by atoms with Crippen molar-refractivity contribution in [1.82, 2.24) is 0 Å². The van der Waals surface area contributed by atoms with E-state index < -0.39 is 18.1 Å². The molecule has 1 aromatic rings. The molecular weight excluding hydrogens is 460 g/mol. The standard InChI is InChI=1S/C25H38O8S/c1-15(26)14-34-24-18(19(27)13-20(24)28)10-8-6-7-9-17(25(29)33-5)16-11-21(30-2)23(32-4)22(12-16)31-3/h11-12,15,17-18,20,24,26,28H,6-10,13-14H2,1-5H3/t15?,17?,18-,20?,24+/m0/s1. The van der Waals surface area contributed by atoms with E-state index in [1.165, 1.54) is 40.2 Å². The van der Waals surface area contributed by atoms with E-state index in [0.29, 0.717) is 35.8 Å². The topological polar surface area (TPSA) is 112 Å². The van der Waals surface area contributed by atoms with Crippen LogP contribution in [0, 0.1) is 5.92 Å². The van der Waals surface area contributed by atoms with Gasteiger partial charge in [0.05, 0.1) is 46.6 Å². The second kappa shape index (κ2) is 13.8. The predicted molar refractivity (Wildman–Crippen MR) is 131 cm³/mol. The second-order valence-corrected chi connectivity index (χ2v) is 9.87. The first-order valence-corrected chi connectivity index (χ1v) is 12.7. The summed E-state index contributed by atoms with van der Waals surface area (Å²) >= 11 is 1.48. The molecule has 0 radical (unpaired) electrons. The van der Waals surface area contributed by atoms with Gasteiger partial charge in [0.2, 0.25) is 5.75 Å². The average Bonchev–Trinajstić information content (AvgIpc) is 3.10. The van der Waals surface area contributed by atoms with Crippen molar-refractivity contribution in [2.75, 3.05) is 34.2 Å². The first kappa shape index (κ1) is 28.3. The van der Waals surface area contributed by atoms with Gasteiger partial charge in [0.15, 0.2) is 11.5 Å². The number of unbranched alkanes of at least 4 members (excludes halogenated alkanes) is 2. The monoisotopic (exact) mass is 498 g/mol. The van der Waals surface area contributed by atoms with Crippen molar-refractivity contribution in [1.29, 1.82) is 0 Å². The van der Waals surface area contributed by atoms with Gasteiger partial charge >= 0.3 is 5.97 Å². The van der Waals surface area contributed by atoms with Crippen molar-refractivity contribution in [2.24, 2.45) is 5.92 Å². The molecule has 8 nitrogen and oxygen atoms in total. The maximum atomic E-state index is 12.6. The minimum atomic E-state index is -0.648. The number of hydrogen-bond acceptors (Lipinski definition) is 9. The van der Waals surface area contributed by atoms with Gasteiger partial charge < -0.3 is 29.2 Å². The van der Waals surface area contributed by atoms with Crippen LogP contribution in [0.5, 0.6) is 17.2 Å². The third-order valence-corrected chi connectivity index (χ3v) is 7.92. The number of Topliss-reactive ketones (excluding diaryl/α,β-unsaturated/α-hetero) is 1. The van der Waals surface area contributed by atoms with Crippen LogP contribution in [0.15, 0.2) is 12.1 Å². The number of methoxy groups -OCH3 is 4. The van der Waals surface area contributed by atoms with E-state index in [1.807, 2.05) is 0 Å². The maximum absolute atomic E-state index is 12.6. The number of rotatable bonds is 14. The van der Waals surface area contributed by atoms with Crippen LogP contribution in [-0.4, -0.2) is 73.6 Å². The van der Waals surface area contributed by atoms with Gasteiger partial charge in [-0.2, -0.15) is 11.8 Å². The van der Waals surface area contributed by atoms with Crippen LogP contribution in [0.1, 0.15) is 56.9 Å². The summed E-state index contributed by atoms with van der Waals surface area (Å²) < 4.78 is 21.3. The van der Waals surface area contributed by atoms with E-state index in [1.54, 1.807) is 19.1 Å². The number of benzene rings is 1. The van der Waals surface area contributed by atoms with Gasteiger partial charge in [0.25, 0.3) is 0 Å². The number of thioether (sulfide) groups is 1. The molecule has 0 heterocycles. The first-order valence-electron chi connectivity index (χ1n) is 11.6. The molecule has 3 unspecified atom stereocenters. The molecule has 1 fully saturated rings. The van der Waals surface area contributed by atoms with Gasteiger partial charge in [0, 0.05) is 23.3 Å². The minimum Gasteiger partial charge on any atom is -0.493 e. The summed E-state index contributed by atoms with van der Waals surface area (Å²) in [6.07, 6.45) is 2.76. The Labute approximate surface area is 206 Å². The molecule has 1 saturated carbocycles. The van der Waals surface area contributed by atoms with Crippen LogP contribution in [0.25, 0.3) is 0 Å². The number of ketones is 1. The Kier molecular flexibility index (Phi) is 11.5. The fourth-order valence-corrected chi connectivity index (χ4v) is 5.82. The molecule has 0 aliphatic heterocycles. The predicted octanol–water partition coefficient (Wildman–Crippen LogP) is 3.35. The number of aliphatic hydroxyl groups excluding tert-OH is 2. The van der Waals surface area contributed by atoms with Crippen LogP contribution in [0.2, 0.25) is 0 Å². The van der Waals surface area contributed by atoms with Gasteiger partial charge in [-0.3, -0.25) is 9.59 Å². The van der Waals surface area contributed by atoms with E-state index in [9.17, 15) is 19.8 Å². The van der Waals surface area contributed by atoms with E-state index in [2.05, 4.69) is 0 Å². The molecule has 0 spiro atoms. The normalized spacial score (nSPS) is 21.7. The van der Waals surface area contributed by atoms with Crippen molar-refractivity contribution in [3.05, 3.63) is 17.7 Å². The minimum absolute atomic E-state index is 0.0976. The van der Waals surface area contributed by atoms with Crippen LogP contribution in [0.4, 0.5) is 0 Å². The molecule has 0 bridgehead atoms. The molecule has 0 saturated heterocycles. The van der Waals surface area contributed by atoms with Crippen molar-refractivity contribution < 1.29 is 38.7 Å². The lowest BCUT2D eigenvalue weighted by Crippen LogP contribution is -2.25. The maximum Gasteiger partial charge on any atom is 0.313 e. The lowest BCUT2D eigenvalue weighted by Gasteiger charge is -2.21. The zero-order chi connectivity index (χ0) is 25.3. The molecule has 1 aromatic carbocycles. The average molecular weight is 499 g/mol. The third-order valence-electron chi connectivity index (χ3n) is 6.21. The molecule has 1 aliphatic rings. The number of ether oxygens (including phenoxy) is 4. The molecule has 192 valence electrons. The molecule has 0 amide bonds. The van der Waals surface area contributed by atoms with Crippen LogP contribution >= 0.6 is 11.8 Å². The molecular formula is C25H38O8S. The molecule has 2 N–H and O–H groups in total. The number of aliphatic hydroxyl groups is 2. The Morgan fingerprint density at radius 2 is 1.74 bits per heavy atom. The summed E-state index contributed by atoms with van der Waals surface area (Å²) in [6.45, 7) is 1.71. The number of esters is 1. The van der Waals surface area contributed by atoms with Crippen molar-refractivity contribution in [3.8, 4) is 17.2 Å². The highest BCUT2D eigenvalue weighted by atomic mass is 32.2. The summed E-state index contributed by atoms with van der Waals surface area (Å²) in [5.74, 6) is 1.01. The summed E-state index contributed by atoms with van der Waals surface area (Å²) in [6, 6.07) is 3.54. The molecule has 2 rings (SSSR count). The van der Waals surface area contributed by atoms with Crippen molar-refractivity contribution in [2.45, 2.75) is 68.8 Å². The van der Waals surface area contributed by atoms with Crippen LogP contribution in [0.3, 0.4) is 0 Å². The smallest absolute Gasteiger partial charge is 0.313 e. The number of hydrogen-bond donors (Lipinski definition) is 2. The first-order chi connectivity index (χ1) is 16.3. The Morgan fingerprint density at radius 1 is 1.09 bits per heavy atom. The SMILES string of the molecule is COC(=O)C(CCCCC[C@H]1C(=O)CC(O)[C@@H]1SCC(C)O)c1cc(OC)c(OC)c(OC)c1. The zero-order valence-corrected chi connectivity index (χ0v) is 21.6. The molecule has 9 heteroatoms. The quantitative estimate of drug-likeness (QED) is 0.295. The summed E-state index contributed by atoms with van der Waals surface area (Å²) in [5, 5.41) is 19.6. The van der Waals surface area contributed by atoms with Gasteiger partial charge in [-0.1, -0.05) is 19.3 Å². The summed E-state index contributed by atoms with van der Waals surface area (Å²) in [7, 11) is 5.96. The van der Waals surface area contributed by atoms with Gasteiger partial charge in [0.1, 0.15) is 5.78 Å². The van der Waals surface area contributed by atoms with Gasteiger partial charge in [-0.25, -0.2) is 0 Å². The Morgan fingerprint density at radius 3 is 2.26 bits per heavy atom. The Balaban J connectivity index is 1.99. The Hall–Kier alpha value is -1.97. The lowest BCUT2D eigenvalue weighted by molar-refractivity contribution is -0.142. The molecule has 0 aromatic heterocycles. The largest absolute Gasteiger partial charge is 0.493 e.